The number of benzene rings is 1. The van der Waals surface area contributed by atoms with E-state index in [1.807, 2.05) is 13.0 Å². The van der Waals surface area contributed by atoms with E-state index in [1.54, 1.807) is 38.1 Å². The summed E-state index contributed by atoms with van der Waals surface area (Å²) < 4.78 is 28.9. The molecule has 4 aliphatic heterocycles. The Labute approximate surface area is 345 Å². The molecule has 0 spiro atoms. The fourth-order valence-electron chi connectivity index (χ4n) is 7.43. The summed E-state index contributed by atoms with van der Waals surface area (Å²) in [5.74, 6) is -2.85. The average molecular weight is 851 g/mol. The summed E-state index contributed by atoms with van der Waals surface area (Å²) in [7, 11) is 2.85. The third-order valence-corrected chi connectivity index (χ3v) is 12.3. The molecule has 318 valence electrons. The van der Waals surface area contributed by atoms with E-state index in [4.69, 9.17) is 40.4 Å². The average Bonchev–Trinajstić information content (AvgIpc) is 3.79. The van der Waals surface area contributed by atoms with Crippen LogP contribution in [0.1, 0.15) is 58.9 Å². The number of fused-ring (bicyclic) bond motifs is 5. The Hall–Kier alpha value is -4.20. The van der Waals surface area contributed by atoms with Gasteiger partial charge < -0.3 is 44.5 Å². The second kappa shape index (κ2) is 18.8. The van der Waals surface area contributed by atoms with E-state index in [9.17, 15) is 33.9 Å². The summed E-state index contributed by atoms with van der Waals surface area (Å²) in [5, 5.41) is 28.2. The Balaban J connectivity index is 1.35. The van der Waals surface area contributed by atoms with Crippen molar-refractivity contribution in [1.29, 1.82) is 0 Å². The summed E-state index contributed by atoms with van der Waals surface area (Å²) in [6, 6.07) is 2.28. The van der Waals surface area contributed by atoms with E-state index in [-0.39, 0.29) is 54.8 Å². The summed E-state index contributed by atoms with van der Waals surface area (Å²) in [6.07, 6.45) is 0.286. The fraction of sp³-hybridized carbons (Fsp3) is 0.590. The molecule has 58 heavy (non-hydrogen) atoms. The number of anilines is 1. The number of alkyl carbamates (subject to hydrolysis) is 1. The van der Waals surface area contributed by atoms with Crippen LogP contribution in [0.4, 0.5) is 10.5 Å². The SMILES string of the molecule is COc1cc2cc(c1Cl)NC(=O)C[C@H](OC(=O)[C@H](C)NC(=O)CCSC1CC(=O)N(CCO)C1=O)[C@]1(C)O[C@H]1[C@H](C)[C@@H]1C[C@@](O)(NC(=O)O1)[C@H](OC)/C=C/C=C(\C)C2. The first-order valence-electron chi connectivity index (χ1n) is 18.9. The van der Waals surface area contributed by atoms with E-state index in [1.165, 1.54) is 21.1 Å². The van der Waals surface area contributed by atoms with Gasteiger partial charge >= 0.3 is 12.1 Å². The largest absolute Gasteiger partial charge is 0.495 e. The number of nitrogens with zero attached hydrogens (tertiary/aromatic N) is 1. The van der Waals surface area contributed by atoms with E-state index >= 15 is 0 Å². The standard InChI is InChI=1S/C39H51ClN4O13S/c1-20-8-7-9-28(54-6)39(52)19-26(55-37(51)43-39)21(2)34-38(4,57-34)29(18-31(47)42-24-15-23(14-20)16-25(53-5)33(24)40)56-36(50)22(3)41-30(46)10-13-58-27-17-32(48)44(11-12-45)35(27)49/h7-9,15-16,21-22,26-29,34,45,52H,10-14,17-19H2,1-6H3,(H,41,46)(H,42,47)(H,43,51)/b9-7+,20-8+/t21-,22+,26+,27?,28-,29+,34+,38+,39+/m1/s1. The number of likely N-dealkylation sites (tertiary alicyclic amines) is 1. The predicted octanol–water partition coefficient (Wildman–Crippen LogP) is 2.39. The van der Waals surface area contributed by atoms with Gasteiger partial charge in [0.2, 0.25) is 23.6 Å². The van der Waals surface area contributed by atoms with Gasteiger partial charge in [-0.2, -0.15) is 0 Å². The first kappa shape index (κ1) is 44.9. The molecule has 4 bridgehead atoms. The van der Waals surface area contributed by atoms with Gasteiger partial charge in [0.1, 0.15) is 40.7 Å². The lowest BCUT2D eigenvalue weighted by Crippen LogP contribution is -2.63. The van der Waals surface area contributed by atoms with Crippen LogP contribution in [0.3, 0.4) is 0 Å². The molecule has 0 radical (unpaired) electrons. The number of rotatable bonds is 11. The zero-order valence-corrected chi connectivity index (χ0v) is 34.8. The van der Waals surface area contributed by atoms with Crippen LogP contribution in [0, 0.1) is 5.92 Å². The number of thioether (sulfide) groups is 1. The Morgan fingerprint density at radius 3 is 2.62 bits per heavy atom. The zero-order valence-electron chi connectivity index (χ0n) is 33.2. The second-order valence-corrected chi connectivity index (χ2v) is 16.7. The minimum atomic E-state index is -1.86. The van der Waals surface area contributed by atoms with Crippen molar-refractivity contribution >= 4 is 64.7 Å². The second-order valence-electron chi connectivity index (χ2n) is 15.1. The number of aliphatic hydroxyl groups is 2. The number of ether oxygens (including phenoxy) is 5. The molecular formula is C39H51ClN4O13S. The Morgan fingerprint density at radius 1 is 1.19 bits per heavy atom. The van der Waals surface area contributed by atoms with Crippen LogP contribution < -0.4 is 20.7 Å². The maximum absolute atomic E-state index is 13.8. The highest BCUT2D eigenvalue weighted by Gasteiger charge is 2.64. The normalized spacial score (nSPS) is 32.1. The van der Waals surface area contributed by atoms with Crippen molar-refractivity contribution in [1.82, 2.24) is 15.5 Å². The number of imide groups is 1. The van der Waals surface area contributed by atoms with Crippen LogP contribution in [0.5, 0.6) is 5.75 Å². The molecule has 1 unspecified atom stereocenters. The highest BCUT2D eigenvalue weighted by Crippen LogP contribution is 2.49. The molecule has 5 amide bonds. The number of aliphatic hydroxyl groups excluding tert-OH is 1. The molecule has 17 nitrogen and oxygen atoms in total. The van der Waals surface area contributed by atoms with Crippen molar-refractivity contribution in [3.63, 3.8) is 0 Å². The van der Waals surface area contributed by atoms with Crippen LogP contribution in [0.15, 0.2) is 35.9 Å². The maximum atomic E-state index is 13.8. The molecule has 1 aromatic rings. The van der Waals surface area contributed by atoms with E-state index in [2.05, 4.69) is 16.0 Å². The van der Waals surface area contributed by atoms with Crippen LogP contribution in [0.25, 0.3) is 0 Å². The molecule has 3 fully saturated rings. The minimum absolute atomic E-state index is 0.0303. The number of allylic oxidation sites excluding steroid dienone is 3. The number of β-amino-alcohol motifs (C(OH)–C–C–N with tert-alkyl or cyclic N) is 1. The molecule has 0 saturated carbocycles. The molecule has 3 saturated heterocycles. The number of esters is 1. The number of amides is 5. The number of methoxy groups -OCH3 is 2. The number of carbonyl (C=O) groups is 6. The van der Waals surface area contributed by atoms with Gasteiger partial charge in [0.15, 0.2) is 5.72 Å². The highest BCUT2D eigenvalue weighted by atomic mass is 35.5. The van der Waals surface area contributed by atoms with Crippen molar-refractivity contribution < 1.29 is 62.7 Å². The van der Waals surface area contributed by atoms with Crippen molar-refractivity contribution in [2.24, 2.45) is 5.92 Å². The third-order valence-electron chi connectivity index (χ3n) is 10.7. The molecule has 4 heterocycles. The Kier molecular flexibility index (Phi) is 14.6. The summed E-state index contributed by atoms with van der Waals surface area (Å²) in [4.78, 5) is 78.7. The lowest BCUT2D eigenvalue weighted by molar-refractivity contribution is -0.156. The number of halogens is 1. The Morgan fingerprint density at radius 2 is 1.93 bits per heavy atom. The maximum Gasteiger partial charge on any atom is 0.409 e. The molecule has 5 N–H and O–H groups in total. The number of nitrogens with one attached hydrogen (secondary N) is 3. The number of epoxide rings is 1. The molecule has 1 aromatic carbocycles. The molecule has 4 aliphatic rings. The molecule has 5 rings (SSSR count). The third kappa shape index (κ3) is 10.3. The first-order chi connectivity index (χ1) is 27.4. The van der Waals surface area contributed by atoms with Crippen LogP contribution in [0.2, 0.25) is 5.02 Å². The van der Waals surface area contributed by atoms with Crippen molar-refractivity contribution in [3.8, 4) is 5.75 Å². The predicted molar refractivity (Wildman–Crippen MR) is 211 cm³/mol. The lowest BCUT2D eigenvalue weighted by Gasteiger charge is -2.42. The van der Waals surface area contributed by atoms with E-state index in [0.717, 1.165) is 27.8 Å². The van der Waals surface area contributed by atoms with Crippen molar-refractivity contribution in [2.75, 3.05) is 38.4 Å². The fourth-order valence-corrected chi connectivity index (χ4v) is 8.79. The topological polar surface area (TPSA) is 232 Å². The number of hydrogen-bond donors (Lipinski definition) is 5. The number of carbonyl (C=O) groups excluding carboxylic acids is 6. The quantitative estimate of drug-likeness (QED) is 0.122. The van der Waals surface area contributed by atoms with E-state index in [0.29, 0.717) is 12.2 Å². The highest BCUT2D eigenvalue weighted by molar-refractivity contribution is 8.00. The molecule has 9 atom stereocenters. The van der Waals surface area contributed by atoms with Crippen molar-refractivity contribution in [3.05, 3.63) is 46.5 Å². The van der Waals surface area contributed by atoms with Gasteiger partial charge in [-0.3, -0.25) is 29.4 Å². The van der Waals surface area contributed by atoms with Gasteiger partial charge in [0.25, 0.3) is 0 Å². The van der Waals surface area contributed by atoms with Crippen LogP contribution in [-0.4, -0.2) is 131 Å². The smallest absolute Gasteiger partial charge is 0.409 e. The van der Waals surface area contributed by atoms with Gasteiger partial charge in [-0.25, -0.2) is 9.59 Å². The summed E-state index contributed by atoms with van der Waals surface area (Å²) in [5.41, 5.74) is -1.25. The van der Waals surface area contributed by atoms with Crippen molar-refractivity contribution in [2.45, 2.75) is 107 Å². The van der Waals surface area contributed by atoms with Crippen LogP contribution >= 0.6 is 23.4 Å². The summed E-state index contributed by atoms with van der Waals surface area (Å²) in [6.45, 7) is 6.28. The lowest BCUT2D eigenvalue weighted by atomic mass is 9.83. The van der Waals surface area contributed by atoms with Gasteiger partial charge in [0, 0.05) is 38.0 Å². The van der Waals surface area contributed by atoms with Gasteiger partial charge in [-0.15, -0.1) is 11.8 Å². The molecular weight excluding hydrogens is 800 g/mol. The Bertz CT molecular complexity index is 1850. The van der Waals surface area contributed by atoms with Crippen LogP contribution in [-0.2, 0) is 49.3 Å². The minimum Gasteiger partial charge on any atom is -0.495 e. The van der Waals surface area contributed by atoms with E-state index < -0.39 is 89.2 Å². The molecule has 0 aromatic heterocycles. The molecule has 0 aliphatic carbocycles. The summed E-state index contributed by atoms with van der Waals surface area (Å²) >= 11 is 7.77. The monoisotopic (exact) mass is 850 g/mol. The molecule has 19 heteroatoms. The van der Waals surface area contributed by atoms with Gasteiger partial charge in [-0.1, -0.05) is 42.3 Å². The first-order valence-corrected chi connectivity index (χ1v) is 20.3. The number of hydrogen-bond acceptors (Lipinski definition) is 14. The van der Waals surface area contributed by atoms with Gasteiger partial charge in [0.05, 0.1) is 43.7 Å². The van der Waals surface area contributed by atoms with Gasteiger partial charge in [-0.05, 0) is 44.9 Å². The zero-order chi connectivity index (χ0) is 42.5.